The van der Waals surface area contributed by atoms with Crippen LogP contribution in [0.3, 0.4) is 0 Å². The van der Waals surface area contributed by atoms with Crippen LogP contribution in [-0.4, -0.2) is 15.1 Å². The second-order valence-electron chi connectivity index (χ2n) is 2.83. The molecular formula is C10H9IN2S2. The lowest BCUT2D eigenvalue weighted by atomic mass is 10.2. The van der Waals surface area contributed by atoms with Gasteiger partial charge in [-0.1, -0.05) is 19.1 Å². The standard InChI is InChI=1S/C10H9IN2S2/c1-2-14-8-5-3-7(4-6-8)9-12-10(11)15-13-9/h3-6H,2H2,1H3. The van der Waals surface area contributed by atoms with Gasteiger partial charge in [-0.15, -0.1) is 11.8 Å². The quantitative estimate of drug-likeness (QED) is 0.621. The number of rotatable bonds is 3. The van der Waals surface area contributed by atoms with Crippen molar-refractivity contribution >= 4 is 45.9 Å². The fourth-order valence-corrected chi connectivity index (χ4v) is 2.81. The molecule has 0 radical (unpaired) electrons. The Hall–Kier alpha value is -0.140. The molecule has 0 saturated heterocycles. The summed E-state index contributed by atoms with van der Waals surface area (Å²) in [6, 6.07) is 8.40. The predicted molar refractivity (Wildman–Crippen MR) is 74.5 cm³/mol. The van der Waals surface area contributed by atoms with Crippen molar-refractivity contribution in [1.82, 2.24) is 9.36 Å². The SMILES string of the molecule is CCSc1ccc(-c2nsc(I)n2)cc1. The zero-order chi connectivity index (χ0) is 10.7. The number of aromatic nitrogens is 2. The molecule has 5 heteroatoms. The van der Waals surface area contributed by atoms with Gasteiger partial charge in [0.2, 0.25) is 0 Å². The third-order valence-electron chi connectivity index (χ3n) is 1.82. The molecule has 2 aromatic rings. The number of halogens is 1. The summed E-state index contributed by atoms with van der Waals surface area (Å²) in [6.45, 7) is 2.16. The molecule has 0 spiro atoms. The van der Waals surface area contributed by atoms with Crippen molar-refractivity contribution in [3.05, 3.63) is 27.3 Å². The highest BCUT2D eigenvalue weighted by molar-refractivity contribution is 14.1. The Morgan fingerprint density at radius 1 is 1.33 bits per heavy atom. The third-order valence-corrected chi connectivity index (χ3v) is 4.06. The van der Waals surface area contributed by atoms with E-state index in [1.54, 1.807) is 0 Å². The minimum atomic E-state index is 0.831. The van der Waals surface area contributed by atoms with Gasteiger partial charge >= 0.3 is 0 Å². The van der Waals surface area contributed by atoms with Crippen LogP contribution < -0.4 is 0 Å². The van der Waals surface area contributed by atoms with Crippen molar-refractivity contribution < 1.29 is 0 Å². The Labute approximate surface area is 111 Å². The van der Waals surface area contributed by atoms with Crippen LogP contribution in [0.25, 0.3) is 11.4 Å². The van der Waals surface area contributed by atoms with Gasteiger partial charge in [0.25, 0.3) is 0 Å². The molecule has 1 aromatic heterocycles. The molecule has 0 aliphatic rings. The number of nitrogens with zero attached hydrogens (tertiary/aromatic N) is 2. The molecule has 1 aromatic carbocycles. The van der Waals surface area contributed by atoms with Crippen LogP contribution in [0, 0.1) is 3.01 Å². The maximum absolute atomic E-state index is 4.34. The van der Waals surface area contributed by atoms with Gasteiger partial charge in [0.1, 0.15) is 0 Å². The summed E-state index contributed by atoms with van der Waals surface area (Å²) in [4.78, 5) is 5.64. The molecule has 1 heterocycles. The van der Waals surface area contributed by atoms with E-state index in [2.05, 4.69) is 63.1 Å². The number of hydrogen-bond donors (Lipinski definition) is 0. The number of hydrogen-bond acceptors (Lipinski definition) is 4. The maximum atomic E-state index is 4.34. The topological polar surface area (TPSA) is 25.8 Å². The van der Waals surface area contributed by atoms with E-state index < -0.39 is 0 Å². The first-order valence-corrected chi connectivity index (χ1v) is 7.36. The van der Waals surface area contributed by atoms with Gasteiger partial charge in [-0.05, 0) is 52.0 Å². The minimum Gasteiger partial charge on any atom is -0.209 e. The fraction of sp³-hybridized carbons (Fsp3) is 0.200. The first-order valence-electron chi connectivity index (χ1n) is 4.52. The zero-order valence-corrected chi connectivity index (χ0v) is 11.9. The van der Waals surface area contributed by atoms with Gasteiger partial charge in [-0.2, -0.15) is 4.37 Å². The van der Waals surface area contributed by atoms with E-state index >= 15 is 0 Å². The van der Waals surface area contributed by atoms with Crippen LogP contribution in [-0.2, 0) is 0 Å². The van der Waals surface area contributed by atoms with Crippen LogP contribution in [0.1, 0.15) is 6.92 Å². The number of benzene rings is 1. The summed E-state index contributed by atoms with van der Waals surface area (Å²) >= 11 is 5.47. The van der Waals surface area contributed by atoms with Crippen LogP contribution in [0.15, 0.2) is 29.2 Å². The maximum Gasteiger partial charge on any atom is 0.174 e. The zero-order valence-electron chi connectivity index (χ0n) is 8.11. The van der Waals surface area contributed by atoms with E-state index in [-0.39, 0.29) is 0 Å². The van der Waals surface area contributed by atoms with Gasteiger partial charge in [-0.25, -0.2) is 4.98 Å². The summed E-state index contributed by atoms with van der Waals surface area (Å²) < 4.78 is 5.26. The first kappa shape index (κ1) is 11.3. The van der Waals surface area contributed by atoms with E-state index in [0.29, 0.717) is 0 Å². The van der Waals surface area contributed by atoms with Gasteiger partial charge in [-0.3, -0.25) is 0 Å². The van der Waals surface area contributed by atoms with Crippen molar-refractivity contribution in [3.63, 3.8) is 0 Å². The van der Waals surface area contributed by atoms with Crippen LogP contribution in [0.2, 0.25) is 0 Å². The fourth-order valence-electron chi connectivity index (χ4n) is 1.19. The van der Waals surface area contributed by atoms with Crippen LogP contribution >= 0.6 is 45.9 Å². The second-order valence-corrected chi connectivity index (χ2v) is 6.67. The molecule has 15 heavy (non-hydrogen) atoms. The summed E-state index contributed by atoms with van der Waals surface area (Å²) in [5.74, 6) is 1.93. The molecule has 0 aliphatic heterocycles. The molecule has 0 unspecified atom stereocenters. The average molecular weight is 348 g/mol. The molecule has 0 bridgehead atoms. The minimum absolute atomic E-state index is 0.831. The van der Waals surface area contributed by atoms with Gasteiger partial charge < -0.3 is 0 Å². The largest absolute Gasteiger partial charge is 0.209 e. The molecular weight excluding hydrogens is 339 g/mol. The van der Waals surface area contributed by atoms with E-state index in [9.17, 15) is 0 Å². The highest BCUT2D eigenvalue weighted by Gasteiger charge is 2.04. The lowest BCUT2D eigenvalue weighted by Gasteiger charge is -1.99. The Morgan fingerprint density at radius 2 is 2.07 bits per heavy atom. The van der Waals surface area contributed by atoms with Gasteiger partial charge in [0, 0.05) is 10.5 Å². The first-order chi connectivity index (χ1) is 7.29. The molecule has 0 aliphatic carbocycles. The normalized spacial score (nSPS) is 10.5. The molecule has 0 saturated carbocycles. The molecule has 2 rings (SSSR count). The van der Waals surface area contributed by atoms with Crippen molar-refractivity contribution in [1.29, 1.82) is 0 Å². The van der Waals surface area contributed by atoms with Gasteiger partial charge in [0.15, 0.2) is 8.84 Å². The van der Waals surface area contributed by atoms with E-state index in [1.165, 1.54) is 16.4 Å². The lowest BCUT2D eigenvalue weighted by molar-refractivity contribution is 1.29. The van der Waals surface area contributed by atoms with Crippen molar-refractivity contribution in [2.75, 3.05) is 5.75 Å². The van der Waals surface area contributed by atoms with E-state index in [4.69, 9.17) is 0 Å². The van der Waals surface area contributed by atoms with Crippen LogP contribution in [0.4, 0.5) is 0 Å². The van der Waals surface area contributed by atoms with Crippen LogP contribution in [0.5, 0.6) is 0 Å². The molecule has 78 valence electrons. The highest BCUT2D eigenvalue weighted by atomic mass is 127. The molecule has 0 amide bonds. The summed E-state index contributed by atoms with van der Waals surface area (Å²) in [6.07, 6.45) is 0. The highest BCUT2D eigenvalue weighted by Crippen LogP contribution is 2.23. The predicted octanol–water partition coefficient (Wildman–Crippen LogP) is 3.92. The molecule has 2 nitrogen and oxygen atoms in total. The second kappa shape index (κ2) is 5.27. The summed E-state index contributed by atoms with van der Waals surface area (Å²) in [5.41, 5.74) is 1.09. The Balaban J connectivity index is 2.23. The molecule has 0 N–H and O–H groups in total. The Kier molecular flexibility index (Phi) is 3.99. The summed E-state index contributed by atoms with van der Waals surface area (Å²) in [5, 5.41) is 0. The van der Waals surface area contributed by atoms with Gasteiger partial charge in [0.05, 0.1) is 0 Å². The monoisotopic (exact) mass is 348 g/mol. The number of thioether (sulfide) groups is 1. The molecule has 0 fully saturated rings. The molecule has 0 atom stereocenters. The van der Waals surface area contributed by atoms with E-state index in [0.717, 1.165) is 20.2 Å². The Morgan fingerprint density at radius 3 is 2.60 bits per heavy atom. The average Bonchev–Trinajstić information content (AvgIpc) is 2.67. The smallest absolute Gasteiger partial charge is 0.174 e. The van der Waals surface area contributed by atoms with Crippen molar-refractivity contribution in [2.24, 2.45) is 0 Å². The third kappa shape index (κ3) is 2.92. The summed E-state index contributed by atoms with van der Waals surface area (Å²) in [7, 11) is 0. The lowest BCUT2D eigenvalue weighted by Crippen LogP contribution is -1.80. The van der Waals surface area contributed by atoms with E-state index in [1.807, 2.05) is 11.8 Å². The Bertz CT molecular complexity index is 439. The van der Waals surface area contributed by atoms with Crippen molar-refractivity contribution in [2.45, 2.75) is 11.8 Å². The van der Waals surface area contributed by atoms with Crippen molar-refractivity contribution in [3.8, 4) is 11.4 Å².